The molecule has 1 amide bonds. The number of ether oxygens (including phenoxy) is 2. The molecule has 1 aromatic carbocycles. The normalized spacial score (nSPS) is 32.3. The van der Waals surface area contributed by atoms with Crippen LogP contribution in [0.25, 0.3) is 0 Å². The highest BCUT2D eigenvalue weighted by atomic mass is 79.9. The maximum atomic E-state index is 13.2. The molecule has 0 aliphatic carbocycles. The first kappa shape index (κ1) is 16.8. The van der Waals surface area contributed by atoms with Crippen LogP contribution < -0.4 is 4.90 Å². The van der Waals surface area contributed by atoms with Crippen LogP contribution in [0.4, 0.5) is 5.69 Å². The van der Waals surface area contributed by atoms with Gasteiger partial charge in [0, 0.05) is 4.47 Å². The van der Waals surface area contributed by atoms with Crippen molar-refractivity contribution in [3.05, 3.63) is 40.9 Å². The average Bonchev–Trinajstić information content (AvgIpc) is 3.24. The van der Waals surface area contributed by atoms with E-state index in [0.717, 1.165) is 23.0 Å². The lowest BCUT2D eigenvalue weighted by Crippen LogP contribution is -2.40. The number of nitrogens with zero attached hydrogens (tertiary/aromatic N) is 1. The molecule has 2 bridgehead atoms. The van der Waals surface area contributed by atoms with E-state index in [1.807, 2.05) is 43.3 Å². The van der Waals surface area contributed by atoms with E-state index in [0.29, 0.717) is 13.2 Å². The van der Waals surface area contributed by atoms with E-state index < -0.39 is 17.4 Å². The van der Waals surface area contributed by atoms with Crippen molar-refractivity contribution in [3.63, 3.8) is 0 Å². The van der Waals surface area contributed by atoms with Crippen LogP contribution in [0.3, 0.4) is 0 Å². The molecule has 132 valence electrons. The second-order valence-corrected chi connectivity index (χ2v) is 7.65. The van der Waals surface area contributed by atoms with Gasteiger partial charge in [0.05, 0.1) is 30.9 Å². The van der Waals surface area contributed by atoms with E-state index in [9.17, 15) is 9.59 Å². The number of hydrogen-bond donors (Lipinski definition) is 0. The monoisotopic (exact) mass is 405 g/mol. The molecule has 0 radical (unpaired) electrons. The van der Waals surface area contributed by atoms with Crippen molar-refractivity contribution in [2.45, 2.75) is 31.5 Å². The van der Waals surface area contributed by atoms with E-state index in [-0.39, 0.29) is 18.0 Å². The molecule has 6 heteroatoms. The number of carbonyl (C=O) groups is 2. The zero-order valence-electron chi connectivity index (χ0n) is 14.0. The van der Waals surface area contributed by atoms with Gasteiger partial charge in [-0.3, -0.25) is 9.59 Å². The molecular formula is C19H20BrNO4. The number of benzene rings is 1. The maximum absolute atomic E-state index is 13.2. The molecular weight excluding hydrogens is 386 g/mol. The zero-order valence-corrected chi connectivity index (χ0v) is 15.6. The summed E-state index contributed by atoms with van der Waals surface area (Å²) in [6.07, 6.45) is 5.28. The molecule has 4 atom stereocenters. The molecule has 0 aromatic heterocycles. The number of hydrogen-bond acceptors (Lipinski definition) is 4. The van der Waals surface area contributed by atoms with Gasteiger partial charge in [0.15, 0.2) is 0 Å². The molecule has 3 aliphatic heterocycles. The van der Waals surface area contributed by atoms with Gasteiger partial charge in [-0.1, -0.05) is 37.6 Å². The summed E-state index contributed by atoms with van der Waals surface area (Å²) in [5.41, 5.74) is 0.0840. The van der Waals surface area contributed by atoms with Gasteiger partial charge in [-0.2, -0.15) is 0 Å². The first-order chi connectivity index (χ1) is 12.1. The second kappa shape index (κ2) is 6.25. The average molecular weight is 406 g/mol. The third kappa shape index (κ3) is 2.54. The Hall–Kier alpha value is -1.66. The second-order valence-electron chi connectivity index (χ2n) is 6.80. The van der Waals surface area contributed by atoms with Crippen LogP contribution in [0, 0.1) is 11.8 Å². The lowest BCUT2D eigenvalue weighted by Gasteiger charge is -2.22. The van der Waals surface area contributed by atoms with Crippen molar-refractivity contribution in [3.8, 4) is 0 Å². The van der Waals surface area contributed by atoms with Gasteiger partial charge in [-0.15, -0.1) is 0 Å². The van der Waals surface area contributed by atoms with Crippen molar-refractivity contribution in [2.24, 2.45) is 11.8 Å². The number of fused-ring (bicyclic) bond motifs is 1. The summed E-state index contributed by atoms with van der Waals surface area (Å²) < 4.78 is 12.3. The highest BCUT2D eigenvalue weighted by molar-refractivity contribution is 9.10. The number of para-hydroxylation sites is 1. The van der Waals surface area contributed by atoms with Gasteiger partial charge < -0.3 is 14.4 Å². The van der Waals surface area contributed by atoms with E-state index in [1.165, 1.54) is 0 Å². The van der Waals surface area contributed by atoms with E-state index in [2.05, 4.69) is 15.9 Å². The fourth-order valence-corrected chi connectivity index (χ4v) is 4.55. The van der Waals surface area contributed by atoms with Crippen LogP contribution in [0.5, 0.6) is 0 Å². The third-order valence-corrected chi connectivity index (χ3v) is 5.93. The minimum atomic E-state index is -0.717. The summed E-state index contributed by atoms with van der Waals surface area (Å²) in [5, 5.41) is 0. The SMILES string of the molecule is CCCCOC(=O)[C@@H]1[C@@H]2C=C[C@]3(CN(c4ccccc4Br)C(=O)[C@H]13)O2. The first-order valence-corrected chi connectivity index (χ1v) is 9.46. The molecule has 4 rings (SSSR count). The van der Waals surface area contributed by atoms with Gasteiger partial charge in [-0.05, 0) is 34.5 Å². The molecule has 2 saturated heterocycles. The maximum Gasteiger partial charge on any atom is 0.312 e. The molecule has 0 saturated carbocycles. The van der Waals surface area contributed by atoms with Gasteiger partial charge >= 0.3 is 5.97 Å². The highest BCUT2D eigenvalue weighted by Gasteiger charge is 2.67. The number of rotatable bonds is 5. The molecule has 1 spiro atoms. The molecule has 0 N–H and O–H groups in total. The molecule has 2 fully saturated rings. The summed E-state index contributed by atoms with van der Waals surface area (Å²) in [7, 11) is 0. The minimum Gasteiger partial charge on any atom is -0.465 e. The molecule has 3 aliphatic rings. The lowest BCUT2D eigenvalue weighted by atomic mass is 9.77. The predicted octanol–water partition coefficient (Wildman–Crippen LogP) is 3.08. The van der Waals surface area contributed by atoms with E-state index >= 15 is 0 Å². The highest BCUT2D eigenvalue weighted by Crippen LogP contribution is 2.53. The van der Waals surface area contributed by atoms with Gasteiger partial charge in [0.2, 0.25) is 5.91 Å². The fourth-order valence-electron chi connectivity index (χ4n) is 4.06. The van der Waals surface area contributed by atoms with Crippen LogP contribution in [-0.4, -0.2) is 36.7 Å². The van der Waals surface area contributed by atoms with Gasteiger partial charge in [-0.25, -0.2) is 0 Å². The first-order valence-electron chi connectivity index (χ1n) is 8.67. The molecule has 1 aromatic rings. The quantitative estimate of drug-likeness (QED) is 0.429. The number of halogens is 1. The summed E-state index contributed by atoms with van der Waals surface area (Å²) in [6, 6.07) is 7.59. The Morgan fingerprint density at radius 1 is 1.44 bits per heavy atom. The Labute approximate surface area is 155 Å². The minimum absolute atomic E-state index is 0.0730. The Morgan fingerprint density at radius 2 is 2.24 bits per heavy atom. The smallest absolute Gasteiger partial charge is 0.312 e. The van der Waals surface area contributed by atoms with Gasteiger partial charge in [0.25, 0.3) is 0 Å². The topological polar surface area (TPSA) is 55.8 Å². The number of carbonyl (C=O) groups excluding carboxylic acids is 2. The number of anilines is 1. The largest absolute Gasteiger partial charge is 0.465 e. The number of amides is 1. The van der Waals surface area contributed by atoms with E-state index in [1.54, 1.807) is 4.90 Å². The van der Waals surface area contributed by atoms with Crippen LogP contribution in [0.2, 0.25) is 0 Å². The fraction of sp³-hybridized carbons (Fsp3) is 0.474. The summed E-state index contributed by atoms with van der Waals surface area (Å²) in [6.45, 7) is 2.86. The van der Waals surface area contributed by atoms with Gasteiger partial charge in [0.1, 0.15) is 11.5 Å². The molecule has 0 unspecified atom stereocenters. The van der Waals surface area contributed by atoms with Crippen molar-refractivity contribution >= 4 is 33.5 Å². The summed E-state index contributed by atoms with van der Waals surface area (Å²) >= 11 is 3.51. The lowest BCUT2D eigenvalue weighted by molar-refractivity contribution is -0.152. The predicted molar refractivity (Wildman–Crippen MR) is 96.1 cm³/mol. The summed E-state index contributed by atoms with van der Waals surface area (Å²) in [5.74, 6) is -1.46. The Kier molecular flexibility index (Phi) is 4.20. The van der Waals surface area contributed by atoms with Crippen molar-refractivity contribution < 1.29 is 19.1 Å². The zero-order chi connectivity index (χ0) is 17.6. The van der Waals surface area contributed by atoms with E-state index in [4.69, 9.17) is 9.47 Å². The Balaban J connectivity index is 1.61. The standard InChI is InChI=1S/C19H20BrNO4/c1-2-3-10-24-18(23)15-14-8-9-19(25-14)11-21(17(22)16(15)19)13-7-5-4-6-12(13)20/h4-9,14-16H,2-3,10-11H2,1H3/t14-,15+,16-,19+/m0/s1. The molecule has 3 heterocycles. The molecule has 5 nitrogen and oxygen atoms in total. The van der Waals surface area contributed by atoms with Crippen molar-refractivity contribution in [1.82, 2.24) is 0 Å². The van der Waals surface area contributed by atoms with Crippen LogP contribution in [-0.2, 0) is 19.1 Å². The van der Waals surface area contributed by atoms with Crippen LogP contribution in [0.15, 0.2) is 40.9 Å². The Bertz CT molecular complexity index is 749. The van der Waals surface area contributed by atoms with Crippen LogP contribution >= 0.6 is 15.9 Å². The number of esters is 1. The number of unbranched alkanes of at least 4 members (excludes halogenated alkanes) is 1. The van der Waals surface area contributed by atoms with Crippen molar-refractivity contribution in [1.29, 1.82) is 0 Å². The summed E-state index contributed by atoms with van der Waals surface area (Å²) in [4.78, 5) is 27.5. The van der Waals surface area contributed by atoms with Crippen LogP contribution in [0.1, 0.15) is 19.8 Å². The Morgan fingerprint density at radius 3 is 3.00 bits per heavy atom. The molecule has 25 heavy (non-hydrogen) atoms. The third-order valence-electron chi connectivity index (χ3n) is 5.26. The van der Waals surface area contributed by atoms with Crippen molar-refractivity contribution in [2.75, 3.05) is 18.1 Å².